The number of allylic oxidation sites excluding steroid dienone is 16. The van der Waals surface area contributed by atoms with Gasteiger partial charge in [-0.1, -0.05) is 70.1 Å². The monoisotopic (exact) mass is 1800 g/mol. The lowest BCUT2D eigenvalue weighted by Crippen LogP contribution is -2.71. The van der Waals surface area contributed by atoms with Crippen molar-refractivity contribution in [3.63, 3.8) is 0 Å². The van der Waals surface area contributed by atoms with Gasteiger partial charge in [-0.3, -0.25) is 38.4 Å². The molecule has 8 N–H and O–H groups in total. The molecule has 13 fully saturated rings. The van der Waals surface area contributed by atoms with E-state index in [4.69, 9.17) is 28.4 Å². The minimum atomic E-state index is -2.33. The molecule has 17 aliphatic rings. The molecule has 22 nitrogen and oxygen atoms in total. The number of carbonyl (C=O) groups is 8. The van der Waals surface area contributed by atoms with Crippen LogP contribution in [0.4, 0.5) is 26.3 Å². The van der Waals surface area contributed by atoms with Gasteiger partial charge in [0, 0.05) is 67.0 Å². The number of ether oxygens (including phenoxy) is 6. The fourth-order valence-electron chi connectivity index (χ4n) is 29.8. The molecule has 710 valence electrons. The summed E-state index contributed by atoms with van der Waals surface area (Å²) in [4.78, 5) is 101. The molecule has 28 heteroatoms. The van der Waals surface area contributed by atoms with Crippen LogP contribution in [0.5, 0.6) is 0 Å². The minimum Gasteiger partial charge on any atom is -0.390 e. The van der Waals surface area contributed by atoms with Crippen LogP contribution in [0.3, 0.4) is 0 Å². The maximum absolute atomic E-state index is 17.3. The number of rotatable bonds is 16. The van der Waals surface area contributed by atoms with Gasteiger partial charge in [-0.15, -0.1) is 0 Å². The van der Waals surface area contributed by atoms with Gasteiger partial charge in [-0.05, 0) is 283 Å². The van der Waals surface area contributed by atoms with Gasteiger partial charge < -0.3 is 69.3 Å². The lowest BCUT2D eigenvalue weighted by molar-refractivity contribution is -0.249. The van der Waals surface area contributed by atoms with E-state index in [0.717, 1.165) is 17.2 Å². The summed E-state index contributed by atoms with van der Waals surface area (Å²) in [6.07, 6.45) is 7.34. The minimum absolute atomic E-state index is 0.000752. The predicted molar refractivity (Wildman–Crippen MR) is 457 cm³/mol. The molecule has 12 saturated carbocycles. The number of carbonyl (C=O) groups excluding carboxylic acids is 8. The van der Waals surface area contributed by atoms with Gasteiger partial charge in [0.2, 0.25) is 0 Å². The molecule has 17 rings (SSSR count). The van der Waals surface area contributed by atoms with Crippen LogP contribution in [0.1, 0.15) is 228 Å². The third kappa shape index (κ3) is 13.6. The van der Waals surface area contributed by atoms with E-state index < -0.39 is 197 Å². The molecule has 0 aromatic heterocycles. The average Bonchev–Trinajstić information content (AvgIpc) is 1.48. The van der Waals surface area contributed by atoms with Crippen LogP contribution in [0.15, 0.2) is 95.2 Å². The number of alkyl halides is 6. The zero-order chi connectivity index (χ0) is 94.7. The van der Waals surface area contributed by atoms with Crippen molar-refractivity contribution >= 4 is 46.3 Å². The fourth-order valence-corrected chi connectivity index (χ4v) is 29.8. The first-order valence-corrected chi connectivity index (χ1v) is 46.5. The number of Topliss-reactive ketones (excluding diaryl/α,β-unsaturated/α-hetero) is 4. The Labute approximate surface area is 747 Å². The molecule has 0 aromatic rings. The Morgan fingerprint density at radius 3 is 1.18 bits per heavy atom. The zero-order valence-electron chi connectivity index (χ0n) is 77.5. The number of hydrogen-bond donors (Lipinski definition) is 8. The van der Waals surface area contributed by atoms with Crippen molar-refractivity contribution in [3.05, 3.63) is 95.2 Å². The first-order valence-electron chi connectivity index (χ1n) is 46.5. The van der Waals surface area contributed by atoms with E-state index in [9.17, 15) is 79.2 Å². The van der Waals surface area contributed by atoms with E-state index in [0.29, 0.717) is 44.9 Å². The third-order valence-corrected chi connectivity index (χ3v) is 36.4. The quantitative estimate of drug-likeness (QED) is 0.0665. The topological polar surface area (TPSA) is 354 Å². The molecule has 0 bridgehead atoms. The van der Waals surface area contributed by atoms with E-state index >= 15 is 26.3 Å². The van der Waals surface area contributed by atoms with E-state index in [2.05, 4.69) is 0 Å². The highest BCUT2D eigenvalue weighted by Crippen LogP contribution is 2.77. The molecule has 1 aliphatic heterocycles. The van der Waals surface area contributed by atoms with Crippen LogP contribution in [0.2, 0.25) is 0 Å². The Balaban J connectivity index is 0.000000138. The summed E-state index contributed by atoms with van der Waals surface area (Å²) in [5.74, 6) is -9.06. The summed E-state index contributed by atoms with van der Waals surface area (Å²) >= 11 is 0. The molecule has 0 aromatic carbocycles. The summed E-state index contributed by atoms with van der Waals surface area (Å²) in [6.45, 7) is 32.4. The van der Waals surface area contributed by atoms with Crippen LogP contribution < -0.4 is 0 Å². The molecule has 0 radical (unpaired) electrons. The number of halogens is 6. The molecule has 33 atom stereocenters. The number of hydrogen-bond acceptors (Lipinski definition) is 22. The zero-order valence-corrected chi connectivity index (χ0v) is 77.5. The van der Waals surface area contributed by atoms with Gasteiger partial charge in [0.1, 0.15) is 50.0 Å². The lowest BCUT2D eigenvalue weighted by Gasteiger charge is -2.63. The van der Waals surface area contributed by atoms with Gasteiger partial charge in [0.05, 0.1) is 61.0 Å². The van der Waals surface area contributed by atoms with Crippen LogP contribution in [0, 0.1) is 96.6 Å². The van der Waals surface area contributed by atoms with E-state index in [-0.39, 0.29) is 159 Å². The molecule has 0 spiro atoms. The van der Waals surface area contributed by atoms with Crippen molar-refractivity contribution in [1.29, 1.82) is 0 Å². The van der Waals surface area contributed by atoms with Gasteiger partial charge in [-0.25, -0.2) is 26.3 Å². The molecule has 128 heavy (non-hydrogen) atoms. The summed E-state index contributed by atoms with van der Waals surface area (Å²) in [5, 5.41) is 90.8. The van der Waals surface area contributed by atoms with Crippen molar-refractivity contribution in [2.75, 3.05) is 26.4 Å². The summed E-state index contributed by atoms with van der Waals surface area (Å²) in [5.41, 5.74) is -23.3. The van der Waals surface area contributed by atoms with Crippen LogP contribution in [0.25, 0.3) is 0 Å². The average molecular weight is 1800 g/mol. The van der Waals surface area contributed by atoms with Gasteiger partial charge in [0.25, 0.3) is 0 Å². The van der Waals surface area contributed by atoms with Crippen molar-refractivity contribution in [3.8, 4) is 0 Å². The van der Waals surface area contributed by atoms with Crippen LogP contribution >= 0.6 is 0 Å². The van der Waals surface area contributed by atoms with E-state index in [1.54, 1.807) is 67.5 Å². The SMILES string of the molecule is CC(C)OCC(=O)[C@@]1(O)CC[C@H]2[C@@H]3CCC4=CC(=O)C=C[C@]4(C)[C@@]3(F)[C@@H](O)C[C@@]21C.CC(C)OCC(=O)[C@@]1(O)[C@H](C)C[C@H]2[C@@H]3CCC4=CC(=O)C=C[C@]4(C)[C@@]3(F)[C@@H](O)C[C@@]21C.CC(C)OCC(=O)[C@@]1(O)[C@H](O)C[C@H]2[C@@H]3C[C@H](F)C4=CC(=O)C=C[C@]4(C)[C@@]3(F)[C@@H](O)C[C@@]21C.CC(C)OCC(=O)[C@@]12OC(C)(C)O[C@@H]1C[C@H]1[C@@H]3C[C@H](F)C4=CC(=O)C=C[C@]4(C)[C@@]3(F)[C@@H](O)C[C@@]12C. The molecule has 0 amide bonds. The Morgan fingerprint density at radius 2 is 0.750 bits per heavy atom. The highest BCUT2D eigenvalue weighted by molar-refractivity contribution is 6.03. The lowest BCUT2D eigenvalue weighted by atomic mass is 9.44. The number of fused-ring (bicyclic) bond motifs is 22. The van der Waals surface area contributed by atoms with E-state index in [1.807, 2.05) is 69.2 Å². The summed E-state index contributed by atoms with van der Waals surface area (Å²) < 4.78 is 134. The maximum atomic E-state index is 17.3. The largest absolute Gasteiger partial charge is 0.390 e. The maximum Gasteiger partial charge on any atom is 0.193 e. The first-order chi connectivity index (χ1) is 59.1. The van der Waals surface area contributed by atoms with Crippen LogP contribution in [-0.4, -0.2) is 238 Å². The molecule has 1 saturated heterocycles. The number of ketones is 8. The third-order valence-electron chi connectivity index (χ3n) is 36.4. The molecular formula is C100H136F6O22. The Morgan fingerprint density at radius 1 is 0.406 bits per heavy atom. The second kappa shape index (κ2) is 32.5. The smallest absolute Gasteiger partial charge is 0.193 e. The van der Waals surface area contributed by atoms with Gasteiger partial charge in [0.15, 0.2) is 85.9 Å². The number of aliphatic hydroxyl groups excluding tert-OH is 5. The Bertz CT molecular complexity index is 4780. The van der Waals surface area contributed by atoms with Gasteiger partial charge >= 0.3 is 0 Å². The molecular weight excluding hydrogens is 1670 g/mol. The molecule has 1 heterocycles. The van der Waals surface area contributed by atoms with Crippen molar-refractivity contribution in [2.45, 2.75) is 352 Å². The first kappa shape index (κ1) is 98.3. The predicted octanol–water partition coefficient (Wildman–Crippen LogP) is 12.2. The van der Waals surface area contributed by atoms with Gasteiger partial charge in [-0.2, -0.15) is 0 Å². The fraction of sp³-hybridized carbons (Fsp3) is 0.760. The van der Waals surface area contributed by atoms with Crippen molar-refractivity contribution in [1.82, 2.24) is 0 Å². The standard InChI is InChI=1S/C27H36F2O6.C25H35FO5.C24H32F2O6.C24H33FO5/c1-14(2)33-13-21(32)27-22(34-23(3,4)35-27)11-16-17-10-19(28)18-9-15(30)7-8-24(18,5)26(17,29)20(31)12-25(16,27)6;1-14(2)31-13-21(29)25(30)15(3)10-19-18-7-6-16-11-17(27)8-9-22(16,4)24(18,26)20(28)12-23(19,25)5;1-12(2)32-11-20(30)24(31)18(28)9-14-15-8-17(25)16-7-13(27)5-6-21(16,3)23(15,26)19(29)10-22(14,24)4;1-14(2)30-13-20(28)23(29)10-8-17-18-6-5-15-11-16(26)7-9-21(15,3)24(18,25)19(27)12-22(17,23)4/h7-9,14,16-17,19-20,22,31H,10-13H2,1-6H3;8-9,11,14-15,18-20,28,30H,6-7,10,12-13H2,1-5H3;5-7,12,14-15,17-19,28-29,31H,8-11H2,1-4H3;7,9,11,14,17-19,27,29H,5-6,8,10,12-13H2,1-4H3/t16-,17-,19-,20-,22+,24-,25-,26-,27+;15-,18+,19+,20+,22+,23+,24+,25+;14-,15-,17-,18+,19-,21-,22-,23-,24-;17-,18-,19-,21-,22-,23-,24-/m0100/s1. The van der Waals surface area contributed by atoms with Crippen molar-refractivity contribution < 1.29 is 134 Å². The molecule has 0 unspecified atom stereocenters. The van der Waals surface area contributed by atoms with E-state index in [1.165, 1.54) is 61.6 Å². The highest BCUT2D eigenvalue weighted by atomic mass is 19.2. The van der Waals surface area contributed by atoms with Crippen molar-refractivity contribution in [2.24, 2.45) is 96.6 Å². The second-order valence-corrected chi connectivity index (χ2v) is 44.3. The second-order valence-electron chi connectivity index (χ2n) is 44.3. The van der Waals surface area contributed by atoms with Crippen LogP contribution in [-0.2, 0) is 66.8 Å². The molecule has 16 aliphatic carbocycles. The summed E-state index contributed by atoms with van der Waals surface area (Å²) in [6, 6.07) is 0. The Kier molecular flexibility index (Phi) is 25.0. The Hall–Kier alpha value is -5.70. The number of aliphatic hydroxyl groups is 8. The summed E-state index contributed by atoms with van der Waals surface area (Å²) in [7, 11) is 0. The normalized spacial score (nSPS) is 49.1. The highest BCUT2D eigenvalue weighted by Gasteiger charge is 2.84.